The molecule has 2 fully saturated rings. The second-order valence-corrected chi connectivity index (χ2v) is 6.47. The largest absolute Gasteiger partial charge is 0.340 e. The van der Waals surface area contributed by atoms with Crippen LogP contribution in [0.25, 0.3) is 0 Å². The summed E-state index contributed by atoms with van der Waals surface area (Å²) in [7, 11) is 0. The number of piperidine rings is 1. The van der Waals surface area contributed by atoms with Crippen LogP contribution in [0.15, 0.2) is 0 Å². The van der Waals surface area contributed by atoms with Gasteiger partial charge in [-0.3, -0.25) is 9.69 Å². The third-order valence-corrected chi connectivity index (χ3v) is 4.75. The van der Waals surface area contributed by atoms with Gasteiger partial charge in [-0.15, -0.1) is 0 Å². The fraction of sp³-hybridized carbons (Fsp3) is 0.933. The normalized spacial score (nSPS) is 34.1. The quantitative estimate of drug-likeness (QED) is 0.816. The van der Waals surface area contributed by atoms with E-state index >= 15 is 0 Å². The van der Waals surface area contributed by atoms with Crippen molar-refractivity contribution in [2.45, 2.75) is 39.7 Å². The molecule has 4 nitrogen and oxygen atoms in total. The first-order chi connectivity index (χ1) is 9.08. The molecule has 19 heavy (non-hydrogen) atoms. The van der Waals surface area contributed by atoms with E-state index in [9.17, 15) is 4.79 Å². The molecule has 2 aliphatic heterocycles. The summed E-state index contributed by atoms with van der Waals surface area (Å²) in [5.74, 6) is 1.73. The van der Waals surface area contributed by atoms with E-state index < -0.39 is 0 Å². The monoisotopic (exact) mass is 267 g/mol. The predicted molar refractivity (Wildman–Crippen MR) is 78.0 cm³/mol. The van der Waals surface area contributed by atoms with Crippen molar-refractivity contribution in [2.24, 2.45) is 11.8 Å². The van der Waals surface area contributed by atoms with Gasteiger partial charge in [0.1, 0.15) is 0 Å². The van der Waals surface area contributed by atoms with E-state index in [-0.39, 0.29) is 0 Å². The zero-order valence-corrected chi connectivity index (χ0v) is 12.7. The van der Waals surface area contributed by atoms with Gasteiger partial charge in [0.25, 0.3) is 0 Å². The molecule has 1 amide bonds. The van der Waals surface area contributed by atoms with Crippen LogP contribution >= 0.6 is 0 Å². The number of amides is 1. The molecule has 0 aromatic rings. The van der Waals surface area contributed by atoms with E-state index in [1.54, 1.807) is 0 Å². The minimum atomic E-state index is 0.317. The van der Waals surface area contributed by atoms with Gasteiger partial charge < -0.3 is 10.2 Å². The molecule has 0 radical (unpaired) electrons. The van der Waals surface area contributed by atoms with Crippen LogP contribution in [0.2, 0.25) is 0 Å². The zero-order valence-electron chi connectivity index (χ0n) is 12.7. The molecular weight excluding hydrogens is 238 g/mol. The molecular formula is C15H29N3O. The number of hydrogen-bond donors (Lipinski definition) is 1. The highest BCUT2D eigenvalue weighted by Gasteiger charge is 2.30. The van der Waals surface area contributed by atoms with E-state index in [4.69, 9.17) is 0 Å². The van der Waals surface area contributed by atoms with E-state index in [1.165, 1.54) is 6.42 Å². The van der Waals surface area contributed by atoms with Crippen LogP contribution in [-0.4, -0.2) is 61.0 Å². The zero-order chi connectivity index (χ0) is 13.8. The Kier molecular flexibility index (Phi) is 5.22. The summed E-state index contributed by atoms with van der Waals surface area (Å²) >= 11 is 0. The maximum Gasteiger partial charge on any atom is 0.236 e. The van der Waals surface area contributed by atoms with Crippen LogP contribution in [0.1, 0.15) is 33.6 Å². The molecule has 2 saturated heterocycles. The Morgan fingerprint density at radius 1 is 1.21 bits per heavy atom. The Balaban J connectivity index is 1.89. The number of nitrogens with zero attached hydrogens (tertiary/aromatic N) is 2. The van der Waals surface area contributed by atoms with Crippen molar-refractivity contribution in [3.63, 3.8) is 0 Å². The van der Waals surface area contributed by atoms with Gasteiger partial charge >= 0.3 is 0 Å². The summed E-state index contributed by atoms with van der Waals surface area (Å²) in [6, 6.07) is 0.533. The number of hydrogen-bond acceptors (Lipinski definition) is 3. The summed E-state index contributed by atoms with van der Waals surface area (Å²) in [6.45, 7) is 12.3. The molecule has 0 spiro atoms. The van der Waals surface area contributed by atoms with Crippen LogP contribution in [0.5, 0.6) is 0 Å². The average Bonchev–Trinajstić information content (AvgIpc) is 2.64. The standard InChI is InChI=1S/C15H29N3O/c1-12-9-13(2)14(3)18(10-12)11-15(19)17-7-4-5-16-6-8-17/h12-14,16H,4-11H2,1-3H3. The third-order valence-electron chi connectivity index (χ3n) is 4.75. The first kappa shape index (κ1) is 14.8. The van der Waals surface area contributed by atoms with E-state index in [0.717, 1.165) is 39.1 Å². The lowest BCUT2D eigenvalue weighted by molar-refractivity contribution is -0.133. The van der Waals surface area contributed by atoms with Crippen LogP contribution in [0.3, 0.4) is 0 Å². The molecule has 2 rings (SSSR count). The maximum atomic E-state index is 12.4. The molecule has 3 unspecified atom stereocenters. The SMILES string of the molecule is CC1CC(C)C(C)N(CC(=O)N2CCCNCC2)C1. The molecule has 2 aliphatic rings. The van der Waals surface area contributed by atoms with Gasteiger partial charge in [0.15, 0.2) is 0 Å². The van der Waals surface area contributed by atoms with E-state index in [0.29, 0.717) is 30.3 Å². The Morgan fingerprint density at radius 3 is 2.79 bits per heavy atom. The maximum absolute atomic E-state index is 12.4. The summed E-state index contributed by atoms with van der Waals surface area (Å²) in [6.07, 6.45) is 2.37. The number of likely N-dealkylation sites (tertiary alicyclic amines) is 1. The van der Waals surface area contributed by atoms with E-state index in [2.05, 4.69) is 31.0 Å². The van der Waals surface area contributed by atoms with Gasteiger partial charge in [0.2, 0.25) is 5.91 Å². The first-order valence-electron chi connectivity index (χ1n) is 7.80. The fourth-order valence-corrected chi connectivity index (χ4v) is 3.41. The Labute approximate surface area is 117 Å². The lowest BCUT2D eigenvalue weighted by Gasteiger charge is -2.41. The molecule has 0 aliphatic carbocycles. The first-order valence-corrected chi connectivity index (χ1v) is 7.80. The molecule has 0 saturated carbocycles. The van der Waals surface area contributed by atoms with Gasteiger partial charge in [-0.05, 0) is 38.1 Å². The summed E-state index contributed by atoms with van der Waals surface area (Å²) in [5.41, 5.74) is 0. The van der Waals surface area contributed by atoms with Gasteiger partial charge in [0, 0.05) is 32.2 Å². The topological polar surface area (TPSA) is 35.6 Å². The smallest absolute Gasteiger partial charge is 0.236 e. The molecule has 2 heterocycles. The van der Waals surface area contributed by atoms with Gasteiger partial charge in [-0.25, -0.2) is 0 Å². The molecule has 0 aromatic heterocycles. The van der Waals surface area contributed by atoms with Crippen molar-refractivity contribution in [3.05, 3.63) is 0 Å². The molecule has 1 N–H and O–H groups in total. The molecule has 3 atom stereocenters. The molecule has 110 valence electrons. The molecule has 0 bridgehead atoms. The van der Waals surface area contributed by atoms with Crippen molar-refractivity contribution in [1.29, 1.82) is 0 Å². The Morgan fingerprint density at radius 2 is 2.00 bits per heavy atom. The highest BCUT2D eigenvalue weighted by molar-refractivity contribution is 5.78. The van der Waals surface area contributed by atoms with Crippen LogP contribution < -0.4 is 5.32 Å². The second-order valence-electron chi connectivity index (χ2n) is 6.47. The van der Waals surface area contributed by atoms with Gasteiger partial charge in [-0.1, -0.05) is 13.8 Å². The van der Waals surface area contributed by atoms with Gasteiger partial charge in [-0.2, -0.15) is 0 Å². The number of carbonyl (C=O) groups excluding carboxylic acids is 1. The second kappa shape index (κ2) is 6.71. The summed E-state index contributed by atoms with van der Waals surface area (Å²) in [4.78, 5) is 16.9. The van der Waals surface area contributed by atoms with Crippen molar-refractivity contribution in [3.8, 4) is 0 Å². The predicted octanol–water partition coefficient (Wildman–Crippen LogP) is 1.17. The highest BCUT2D eigenvalue weighted by atomic mass is 16.2. The molecule has 4 heteroatoms. The van der Waals surface area contributed by atoms with Crippen molar-refractivity contribution in [2.75, 3.05) is 39.3 Å². The lowest BCUT2D eigenvalue weighted by atomic mass is 9.86. The summed E-state index contributed by atoms with van der Waals surface area (Å²) in [5, 5.41) is 3.35. The number of carbonyl (C=O) groups is 1. The Hall–Kier alpha value is -0.610. The minimum Gasteiger partial charge on any atom is -0.340 e. The Bertz CT molecular complexity index is 300. The summed E-state index contributed by atoms with van der Waals surface area (Å²) < 4.78 is 0. The fourth-order valence-electron chi connectivity index (χ4n) is 3.41. The van der Waals surface area contributed by atoms with E-state index in [1.807, 2.05) is 4.90 Å². The van der Waals surface area contributed by atoms with Gasteiger partial charge in [0.05, 0.1) is 6.54 Å². The minimum absolute atomic E-state index is 0.317. The van der Waals surface area contributed by atoms with Crippen molar-refractivity contribution < 1.29 is 4.79 Å². The highest BCUT2D eigenvalue weighted by Crippen LogP contribution is 2.26. The molecule has 0 aromatic carbocycles. The third kappa shape index (κ3) is 3.93. The number of rotatable bonds is 2. The van der Waals surface area contributed by atoms with Crippen LogP contribution in [-0.2, 0) is 4.79 Å². The van der Waals surface area contributed by atoms with Crippen molar-refractivity contribution in [1.82, 2.24) is 15.1 Å². The van der Waals surface area contributed by atoms with Crippen LogP contribution in [0, 0.1) is 11.8 Å². The van der Waals surface area contributed by atoms with Crippen LogP contribution in [0.4, 0.5) is 0 Å². The average molecular weight is 267 g/mol. The van der Waals surface area contributed by atoms with Crippen molar-refractivity contribution >= 4 is 5.91 Å². The number of nitrogens with one attached hydrogen (secondary N) is 1. The lowest BCUT2D eigenvalue weighted by Crippen LogP contribution is -2.50.